The number of pyridine rings is 1. The maximum Gasteiger partial charge on any atom is 0.149 e. The summed E-state index contributed by atoms with van der Waals surface area (Å²) in [5, 5.41) is 29.0. The van der Waals surface area contributed by atoms with Gasteiger partial charge in [-0.1, -0.05) is 6.08 Å². The Balaban J connectivity index is 2.13. The van der Waals surface area contributed by atoms with E-state index in [2.05, 4.69) is 9.97 Å². The monoisotopic (exact) mass is 262 g/mol. The van der Waals surface area contributed by atoms with E-state index in [4.69, 9.17) is 10.8 Å². The number of aliphatic hydroxyl groups excluding tert-OH is 3. The Morgan fingerprint density at radius 1 is 1.32 bits per heavy atom. The Kier molecular flexibility index (Phi) is 2.74. The first-order valence-electron chi connectivity index (χ1n) is 5.88. The summed E-state index contributed by atoms with van der Waals surface area (Å²) in [5.74, 6) is 0.308. The van der Waals surface area contributed by atoms with E-state index in [0.29, 0.717) is 22.4 Å². The lowest BCUT2D eigenvalue weighted by atomic mass is 10.1. The van der Waals surface area contributed by atoms with Gasteiger partial charge in [0.2, 0.25) is 0 Å². The molecule has 0 spiro atoms. The van der Waals surface area contributed by atoms with Crippen LogP contribution in [0.4, 0.5) is 5.82 Å². The number of hydrogen-bond donors (Lipinski definition) is 4. The zero-order valence-corrected chi connectivity index (χ0v) is 10.0. The molecule has 0 radical (unpaired) electrons. The summed E-state index contributed by atoms with van der Waals surface area (Å²) in [6.07, 6.45) is 2.61. The van der Waals surface area contributed by atoms with Crippen LogP contribution in [0.1, 0.15) is 6.04 Å². The Labute approximate surface area is 108 Å². The molecule has 0 saturated heterocycles. The average molecular weight is 262 g/mol. The second kappa shape index (κ2) is 4.30. The maximum atomic E-state index is 10.1. The van der Waals surface area contributed by atoms with Crippen molar-refractivity contribution in [1.29, 1.82) is 0 Å². The fourth-order valence-corrected chi connectivity index (χ4v) is 2.45. The van der Waals surface area contributed by atoms with Crippen molar-refractivity contribution in [2.75, 3.05) is 12.3 Å². The molecule has 100 valence electrons. The van der Waals surface area contributed by atoms with E-state index in [1.54, 1.807) is 29.2 Å². The van der Waals surface area contributed by atoms with Crippen LogP contribution in [0, 0.1) is 0 Å². The summed E-state index contributed by atoms with van der Waals surface area (Å²) in [5.41, 5.74) is 7.49. The molecule has 0 fully saturated rings. The number of fused-ring (bicyclic) bond motifs is 1. The Hall–Kier alpha value is -1.96. The lowest BCUT2D eigenvalue weighted by Gasteiger charge is -2.19. The number of nitrogen functional groups attached to an aromatic ring is 1. The van der Waals surface area contributed by atoms with Gasteiger partial charge >= 0.3 is 0 Å². The first-order chi connectivity index (χ1) is 9.13. The first-order valence-corrected chi connectivity index (χ1v) is 5.88. The molecule has 19 heavy (non-hydrogen) atoms. The van der Waals surface area contributed by atoms with Gasteiger partial charge in [-0.05, 0) is 11.6 Å². The van der Waals surface area contributed by atoms with Crippen LogP contribution >= 0.6 is 0 Å². The summed E-state index contributed by atoms with van der Waals surface area (Å²) in [6, 6.07) is 1.20. The van der Waals surface area contributed by atoms with Crippen molar-refractivity contribution in [3.8, 4) is 0 Å². The van der Waals surface area contributed by atoms with Crippen LogP contribution < -0.4 is 5.73 Å². The highest BCUT2D eigenvalue weighted by atomic mass is 16.3. The molecule has 1 aliphatic rings. The van der Waals surface area contributed by atoms with E-state index in [0.717, 1.165) is 0 Å². The summed E-state index contributed by atoms with van der Waals surface area (Å²) < 4.78 is 1.66. The topological polar surface area (TPSA) is 117 Å². The highest BCUT2D eigenvalue weighted by Crippen LogP contribution is 2.32. The highest BCUT2D eigenvalue weighted by Gasteiger charge is 2.36. The number of rotatable bonds is 2. The Bertz CT molecular complexity index is 651. The van der Waals surface area contributed by atoms with Crippen molar-refractivity contribution in [3.05, 3.63) is 30.2 Å². The van der Waals surface area contributed by atoms with Gasteiger partial charge in [-0.15, -0.1) is 0 Å². The van der Waals surface area contributed by atoms with E-state index >= 15 is 0 Å². The third-order valence-electron chi connectivity index (χ3n) is 3.45. The number of nitrogens with two attached hydrogens (primary N) is 1. The number of anilines is 1. The van der Waals surface area contributed by atoms with Gasteiger partial charge < -0.3 is 25.6 Å². The van der Waals surface area contributed by atoms with Crippen LogP contribution in [0.25, 0.3) is 11.0 Å². The summed E-state index contributed by atoms with van der Waals surface area (Å²) in [6.45, 7) is -0.297. The van der Waals surface area contributed by atoms with Gasteiger partial charge in [-0.3, -0.25) is 0 Å². The van der Waals surface area contributed by atoms with Gasteiger partial charge in [-0.25, -0.2) is 9.97 Å². The zero-order valence-electron chi connectivity index (χ0n) is 10.0. The minimum absolute atomic E-state index is 0.297. The number of hydrogen-bond acceptors (Lipinski definition) is 6. The molecule has 1 aliphatic carbocycles. The van der Waals surface area contributed by atoms with Crippen LogP contribution in [0.2, 0.25) is 0 Å². The number of aliphatic hydroxyl groups is 3. The minimum atomic E-state index is -1.08. The van der Waals surface area contributed by atoms with Crippen molar-refractivity contribution < 1.29 is 15.3 Å². The van der Waals surface area contributed by atoms with E-state index in [1.807, 2.05) is 0 Å². The molecule has 3 atom stereocenters. The SMILES string of the molecule is Nc1nccc2ncn([C@@H]3C=C(CO)[C@H](O)C3O)c12. The largest absolute Gasteiger partial charge is 0.392 e. The van der Waals surface area contributed by atoms with Gasteiger partial charge in [0, 0.05) is 6.20 Å². The van der Waals surface area contributed by atoms with Gasteiger partial charge in [0.25, 0.3) is 0 Å². The molecule has 0 bridgehead atoms. The number of aromatic nitrogens is 3. The molecule has 2 aromatic rings. The molecule has 5 N–H and O–H groups in total. The van der Waals surface area contributed by atoms with E-state index in [-0.39, 0.29) is 6.61 Å². The quantitative estimate of drug-likeness (QED) is 0.527. The van der Waals surface area contributed by atoms with Crippen molar-refractivity contribution >= 4 is 16.9 Å². The highest BCUT2D eigenvalue weighted by molar-refractivity contribution is 5.85. The number of imidazole rings is 1. The molecular weight excluding hydrogens is 248 g/mol. The van der Waals surface area contributed by atoms with Crippen molar-refractivity contribution in [3.63, 3.8) is 0 Å². The van der Waals surface area contributed by atoms with Gasteiger partial charge in [0.1, 0.15) is 23.5 Å². The van der Waals surface area contributed by atoms with Crippen LogP contribution in [-0.4, -0.2) is 48.7 Å². The standard InChI is InChI=1S/C12H14N4O3/c13-12-9-7(1-2-14-12)15-5-16(9)8-3-6(4-17)10(18)11(8)19/h1-3,5,8,10-11,17-19H,4H2,(H2,13,14)/t8-,10+,11?/m1/s1. The second-order valence-corrected chi connectivity index (χ2v) is 4.54. The molecule has 0 saturated carbocycles. The van der Waals surface area contributed by atoms with Crippen molar-refractivity contribution in [1.82, 2.24) is 14.5 Å². The molecule has 7 nitrogen and oxygen atoms in total. The first kappa shape index (κ1) is 12.1. The smallest absolute Gasteiger partial charge is 0.149 e. The van der Waals surface area contributed by atoms with Gasteiger partial charge in [0.05, 0.1) is 24.5 Å². The van der Waals surface area contributed by atoms with E-state index in [9.17, 15) is 10.2 Å². The molecule has 0 amide bonds. The third kappa shape index (κ3) is 1.71. The molecule has 2 heterocycles. The molecule has 1 unspecified atom stereocenters. The molecule has 0 aliphatic heterocycles. The predicted molar refractivity (Wildman–Crippen MR) is 68.2 cm³/mol. The predicted octanol–water partition coefficient (Wildman–Crippen LogP) is -0.791. The summed E-state index contributed by atoms with van der Waals surface area (Å²) >= 11 is 0. The fourth-order valence-electron chi connectivity index (χ4n) is 2.45. The summed E-state index contributed by atoms with van der Waals surface area (Å²) in [4.78, 5) is 8.19. The molecular formula is C12H14N4O3. The van der Waals surface area contributed by atoms with Gasteiger partial charge in [0.15, 0.2) is 0 Å². The van der Waals surface area contributed by atoms with Crippen LogP contribution in [-0.2, 0) is 0 Å². The minimum Gasteiger partial charge on any atom is -0.392 e. The molecule has 3 rings (SSSR count). The van der Waals surface area contributed by atoms with E-state index in [1.165, 1.54) is 0 Å². The number of nitrogens with zero attached hydrogens (tertiary/aromatic N) is 3. The van der Waals surface area contributed by atoms with Crippen LogP contribution in [0.15, 0.2) is 30.2 Å². The van der Waals surface area contributed by atoms with Crippen LogP contribution in [0.5, 0.6) is 0 Å². The Morgan fingerprint density at radius 3 is 2.79 bits per heavy atom. The fraction of sp³-hybridized carbons (Fsp3) is 0.333. The summed E-state index contributed by atoms with van der Waals surface area (Å²) in [7, 11) is 0. The molecule has 2 aromatic heterocycles. The maximum absolute atomic E-state index is 10.1. The molecule has 7 heteroatoms. The van der Waals surface area contributed by atoms with Crippen LogP contribution in [0.3, 0.4) is 0 Å². The average Bonchev–Trinajstić information content (AvgIpc) is 2.94. The van der Waals surface area contributed by atoms with Gasteiger partial charge in [-0.2, -0.15) is 0 Å². The second-order valence-electron chi connectivity index (χ2n) is 4.54. The lowest BCUT2D eigenvalue weighted by molar-refractivity contribution is 0.0288. The Morgan fingerprint density at radius 2 is 2.11 bits per heavy atom. The van der Waals surface area contributed by atoms with Crippen molar-refractivity contribution in [2.45, 2.75) is 18.2 Å². The molecule has 0 aromatic carbocycles. The lowest BCUT2D eigenvalue weighted by Crippen LogP contribution is -2.30. The van der Waals surface area contributed by atoms with E-state index < -0.39 is 18.2 Å². The zero-order chi connectivity index (χ0) is 13.6. The third-order valence-corrected chi connectivity index (χ3v) is 3.45. The normalized spacial score (nSPS) is 26.9. The van der Waals surface area contributed by atoms with Crippen molar-refractivity contribution in [2.24, 2.45) is 0 Å².